The molecule has 19 heavy (non-hydrogen) atoms. The maximum atomic E-state index is 5.56. The summed E-state index contributed by atoms with van der Waals surface area (Å²) in [6.07, 6.45) is 4.37. The molecule has 1 aliphatic rings. The highest BCUT2D eigenvalue weighted by atomic mass is 32.1. The van der Waals surface area contributed by atoms with E-state index in [-0.39, 0.29) is 0 Å². The van der Waals surface area contributed by atoms with Gasteiger partial charge in [0.25, 0.3) is 0 Å². The number of nitrogens with two attached hydrogens (primary N) is 1. The van der Waals surface area contributed by atoms with Crippen LogP contribution in [0, 0.1) is 5.92 Å². The molecule has 5 heteroatoms. The summed E-state index contributed by atoms with van der Waals surface area (Å²) in [5.74, 6) is 0.815. The van der Waals surface area contributed by atoms with E-state index >= 15 is 0 Å². The molecule has 0 spiro atoms. The lowest BCUT2D eigenvalue weighted by molar-refractivity contribution is 0.285. The summed E-state index contributed by atoms with van der Waals surface area (Å²) in [4.78, 5) is 9.33. The quantitative estimate of drug-likeness (QED) is 0.846. The number of rotatable bonds is 4. The maximum Gasteiger partial charge on any atom is 0.122 e. The van der Waals surface area contributed by atoms with Gasteiger partial charge >= 0.3 is 0 Å². The van der Waals surface area contributed by atoms with Gasteiger partial charge in [0.15, 0.2) is 0 Å². The molecular weight excluding hydrogens is 256 g/mol. The van der Waals surface area contributed by atoms with Crippen LogP contribution in [0.5, 0.6) is 0 Å². The van der Waals surface area contributed by atoms with Crippen molar-refractivity contribution >= 4 is 22.9 Å². The van der Waals surface area contributed by atoms with Crippen molar-refractivity contribution in [1.29, 1.82) is 0 Å². The van der Waals surface area contributed by atoms with Crippen molar-refractivity contribution in [3.63, 3.8) is 0 Å². The highest BCUT2D eigenvalue weighted by molar-refractivity contribution is 7.80. The highest BCUT2D eigenvalue weighted by Crippen LogP contribution is 2.23. The molecular formula is C14H22N4S. The van der Waals surface area contributed by atoms with Crippen molar-refractivity contribution in [3.8, 4) is 0 Å². The number of pyridine rings is 1. The van der Waals surface area contributed by atoms with Crippen molar-refractivity contribution in [2.24, 2.45) is 11.7 Å². The number of hydrogen-bond acceptors (Lipinski definition) is 4. The Bertz CT molecular complexity index is 422. The van der Waals surface area contributed by atoms with Gasteiger partial charge in [0.1, 0.15) is 4.99 Å². The number of nitrogens with zero attached hydrogens (tertiary/aromatic N) is 3. The number of aromatic nitrogens is 1. The van der Waals surface area contributed by atoms with Crippen LogP contribution in [0.4, 0.5) is 5.69 Å². The summed E-state index contributed by atoms with van der Waals surface area (Å²) < 4.78 is 0. The fourth-order valence-corrected chi connectivity index (χ4v) is 2.73. The topological polar surface area (TPSA) is 45.4 Å². The second-order valence-electron chi connectivity index (χ2n) is 5.46. The molecule has 2 rings (SSSR count). The fraction of sp³-hybridized carbons (Fsp3) is 0.571. The summed E-state index contributed by atoms with van der Waals surface area (Å²) in [7, 11) is 4.29. The summed E-state index contributed by atoms with van der Waals surface area (Å²) in [5.41, 5.74) is 7.42. The molecule has 0 aromatic carbocycles. The molecule has 0 bridgehead atoms. The molecule has 104 valence electrons. The normalized spacial score (nSPS) is 16.9. The van der Waals surface area contributed by atoms with Crippen LogP contribution >= 0.6 is 12.2 Å². The zero-order valence-electron chi connectivity index (χ0n) is 11.7. The van der Waals surface area contributed by atoms with E-state index in [0.29, 0.717) is 10.7 Å². The number of piperidine rings is 1. The first-order valence-corrected chi connectivity index (χ1v) is 7.12. The summed E-state index contributed by atoms with van der Waals surface area (Å²) >= 11 is 4.91. The number of anilines is 1. The third-order valence-electron chi connectivity index (χ3n) is 3.60. The van der Waals surface area contributed by atoms with Gasteiger partial charge < -0.3 is 15.5 Å². The van der Waals surface area contributed by atoms with Gasteiger partial charge in [-0.2, -0.15) is 0 Å². The van der Waals surface area contributed by atoms with E-state index in [9.17, 15) is 0 Å². The average molecular weight is 278 g/mol. The van der Waals surface area contributed by atoms with Crippen LogP contribution in [0.25, 0.3) is 0 Å². The van der Waals surface area contributed by atoms with E-state index in [0.717, 1.165) is 19.0 Å². The molecule has 1 saturated heterocycles. The van der Waals surface area contributed by atoms with E-state index in [1.165, 1.54) is 25.1 Å². The molecule has 4 nitrogen and oxygen atoms in total. The van der Waals surface area contributed by atoms with Crippen LogP contribution in [0.3, 0.4) is 0 Å². The molecule has 0 unspecified atom stereocenters. The first-order valence-electron chi connectivity index (χ1n) is 6.72. The lowest BCUT2D eigenvalue weighted by atomic mass is 9.96. The molecule has 0 saturated carbocycles. The first-order chi connectivity index (χ1) is 9.06. The van der Waals surface area contributed by atoms with Gasteiger partial charge in [-0.25, -0.2) is 0 Å². The summed E-state index contributed by atoms with van der Waals surface area (Å²) in [6, 6.07) is 3.97. The molecule has 2 N–H and O–H groups in total. The van der Waals surface area contributed by atoms with E-state index in [4.69, 9.17) is 18.0 Å². The summed E-state index contributed by atoms with van der Waals surface area (Å²) in [6.45, 7) is 3.39. The lowest BCUT2D eigenvalue weighted by Crippen LogP contribution is -2.37. The van der Waals surface area contributed by atoms with Gasteiger partial charge in [0, 0.05) is 19.6 Å². The molecule has 0 amide bonds. The van der Waals surface area contributed by atoms with Gasteiger partial charge in [-0.05, 0) is 45.0 Å². The monoisotopic (exact) mass is 278 g/mol. The minimum atomic E-state index is 0.358. The molecule has 0 aliphatic carbocycles. The molecule has 1 aliphatic heterocycles. The van der Waals surface area contributed by atoms with Gasteiger partial charge in [0.2, 0.25) is 0 Å². The molecule has 2 heterocycles. The van der Waals surface area contributed by atoms with Crippen LogP contribution < -0.4 is 10.6 Å². The first kappa shape index (κ1) is 14.2. The zero-order chi connectivity index (χ0) is 13.8. The second-order valence-corrected chi connectivity index (χ2v) is 5.90. The summed E-state index contributed by atoms with van der Waals surface area (Å²) in [5, 5.41) is 0. The predicted molar refractivity (Wildman–Crippen MR) is 83.6 cm³/mol. The van der Waals surface area contributed by atoms with Gasteiger partial charge in [0.05, 0.1) is 17.6 Å². The standard InChI is InChI=1S/C14H22N4S/c1-17(2)10-11-5-7-18(8-6-11)12-3-4-13(14(15)19)16-9-12/h3-4,9,11H,5-8,10H2,1-2H3,(H2,15,19). The average Bonchev–Trinajstić information content (AvgIpc) is 2.39. The van der Waals surface area contributed by atoms with Crippen molar-refractivity contribution < 1.29 is 0 Å². The second kappa shape index (κ2) is 6.30. The smallest absolute Gasteiger partial charge is 0.122 e. The van der Waals surface area contributed by atoms with Crippen molar-refractivity contribution in [3.05, 3.63) is 24.0 Å². The van der Waals surface area contributed by atoms with Crippen LogP contribution in [0.1, 0.15) is 18.5 Å². The minimum absolute atomic E-state index is 0.358. The fourth-order valence-electron chi connectivity index (χ4n) is 2.61. The van der Waals surface area contributed by atoms with Crippen molar-refractivity contribution in [2.45, 2.75) is 12.8 Å². The van der Waals surface area contributed by atoms with Crippen molar-refractivity contribution in [1.82, 2.24) is 9.88 Å². The third kappa shape index (κ3) is 3.88. The SMILES string of the molecule is CN(C)CC1CCN(c2ccc(C(N)=S)nc2)CC1. The number of thiocarbonyl (C=S) groups is 1. The Labute approximate surface area is 120 Å². The van der Waals surface area contributed by atoms with Gasteiger partial charge in [-0.3, -0.25) is 4.98 Å². The molecule has 1 aromatic rings. The van der Waals surface area contributed by atoms with E-state index < -0.39 is 0 Å². The molecule has 1 aromatic heterocycles. The van der Waals surface area contributed by atoms with Crippen LogP contribution in [0.15, 0.2) is 18.3 Å². The Balaban J connectivity index is 1.92. The molecule has 0 atom stereocenters. The van der Waals surface area contributed by atoms with Crippen LogP contribution in [-0.2, 0) is 0 Å². The Kier molecular flexibility index (Phi) is 4.71. The Hall–Kier alpha value is -1.20. The van der Waals surface area contributed by atoms with E-state index in [1.807, 2.05) is 12.3 Å². The highest BCUT2D eigenvalue weighted by Gasteiger charge is 2.20. The molecule has 0 radical (unpaired) electrons. The van der Waals surface area contributed by atoms with Gasteiger partial charge in [-0.1, -0.05) is 12.2 Å². The number of hydrogen-bond donors (Lipinski definition) is 1. The van der Waals surface area contributed by atoms with Crippen LogP contribution in [-0.4, -0.2) is 48.6 Å². The Morgan fingerprint density at radius 3 is 2.58 bits per heavy atom. The predicted octanol–water partition coefficient (Wildman–Crippen LogP) is 1.49. The minimum Gasteiger partial charge on any atom is -0.388 e. The molecule has 1 fully saturated rings. The maximum absolute atomic E-state index is 5.56. The largest absolute Gasteiger partial charge is 0.388 e. The van der Waals surface area contributed by atoms with E-state index in [1.54, 1.807) is 0 Å². The van der Waals surface area contributed by atoms with Gasteiger partial charge in [-0.15, -0.1) is 0 Å². The Morgan fingerprint density at radius 1 is 1.42 bits per heavy atom. The van der Waals surface area contributed by atoms with Crippen molar-refractivity contribution in [2.75, 3.05) is 38.6 Å². The zero-order valence-corrected chi connectivity index (χ0v) is 12.5. The third-order valence-corrected chi connectivity index (χ3v) is 3.81. The van der Waals surface area contributed by atoms with E-state index in [2.05, 4.69) is 34.9 Å². The Morgan fingerprint density at radius 2 is 2.11 bits per heavy atom. The lowest BCUT2D eigenvalue weighted by Gasteiger charge is -2.34. The van der Waals surface area contributed by atoms with Crippen LogP contribution in [0.2, 0.25) is 0 Å².